The van der Waals surface area contributed by atoms with Crippen molar-refractivity contribution in [3.63, 3.8) is 0 Å². The molecule has 4 rings (SSSR count). The molecule has 0 aliphatic carbocycles. The number of piperazine rings is 1. The van der Waals surface area contributed by atoms with Crippen LogP contribution in [0.4, 0.5) is 20.6 Å². The first-order chi connectivity index (χ1) is 19.3. The lowest BCUT2D eigenvalue weighted by Crippen LogP contribution is -2.49. The number of nitrogens with zero attached hydrogens (tertiary/aromatic N) is 3. The molecule has 1 atom stereocenters. The first-order valence-electron chi connectivity index (χ1n) is 13.7. The number of benzene rings is 2. The van der Waals surface area contributed by atoms with Gasteiger partial charge in [0.1, 0.15) is 11.9 Å². The van der Waals surface area contributed by atoms with Crippen LogP contribution in [-0.2, 0) is 20.9 Å². The van der Waals surface area contributed by atoms with E-state index in [0.717, 1.165) is 30.4 Å². The van der Waals surface area contributed by atoms with Crippen LogP contribution in [0.2, 0.25) is 0 Å². The number of halogens is 1. The van der Waals surface area contributed by atoms with Crippen molar-refractivity contribution in [2.75, 3.05) is 49.1 Å². The minimum atomic E-state index is -0.570. The molecule has 2 saturated heterocycles. The van der Waals surface area contributed by atoms with Gasteiger partial charge in [-0.1, -0.05) is 24.0 Å². The van der Waals surface area contributed by atoms with Gasteiger partial charge in [0.2, 0.25) is 11.8 Å². The Labute approximate surface area is 234 Å². The second-order valence-corrected chi connectivity index (χ2v) is 9.97. The largest absolute Gasteiger partial charge is 0.442 e. The van der Waals surface area contributed by atoms with Gasteiger partial charge >= 0.3 is 6.09 Å². The van der Waals surface area contributed by atoms with Crippen LogP contribution in [0, 0.1) is 17.7 Å². The highest BCUT2D eigenvalue weighted by Gasteiger charge is 2.33. The number of nitrogens with two attached hydrogens (primary N) is 1. The maximum absolute atomic E-state index is 15.1. The van der Waals surface area contributed by atoms with E-state index in [9.17, 15) is 14.4 Å². The maximum atomic E-state index is 15.1. The van der Waals surface area contributed by atoms with Gasteiger partial charge < -0.3 is 25.6 Å². The van der Waals surface area contributed by atoms with Crippen molar-refractivity contribution in [2.24, 2.45) is 5.73 Å². The van der Waals surface area contributed by atoms with E-state index >= 15 is 4.39 Å². The summed E-state index contributed by atoms with van der Waals surface area (Å²) in [4.78, 5) is 41.1. The predicted octanol–water partition coefficient (Wildman–Crippen LogP) is 3.01. The van der Waals surface area contributed by atoms with Crippen molar-refractivity contribution in [3.05, 3.63) is 59.4 Å². The monoisotopic (exact) mass is 549 g/mol. The van der Waals surface area contributed by atoms with Crippen LogP contribution < -0.4 is 20.9 Å². The molecule has 2 fully saturated rings. The van der Waals surface area contributed by atoms with Gasteiger partial charge in [0.05, 0.1) is 24.5 Å². The lowest BCUT2D eigenvalue weighted by molar-refractivity contribution is -0.131. The fourth-order valence-electron chi connectivity index (χ4n) is 4.75. The molecule has 2 aromatic rings. The Morgan fingerprint density at radius 1 is 1.10 bits per heavy atom. The summed E-state index contributed by atoms with van der Waals surface area (Å²) in [5.41, 5.74) is 8.49. The highest BCUT2D eigenvalue weighted by Crippen LogP contribution is 2.28. The zero-order valence-corrected chi connectivity index (χ0v) is 22.8. The Hall–Kier alpha value is -4.10. The van der Waals surface area contributed by atoms with Crippen molar-refractivity contribution in [3.8, 4) is 11.8 Å². The van der Waals surface area contributed by atoms with Gasteiger partial charge in [-0.2, -0.15) is 0 Å². The molecule has 0 spiro atoms. The third-order valence-electron chi connectivity index (χ3n) is 7.03. The second-order valence-electron chi connectivity index (χ2n) is 9.97. The fourth-order valence-corrected chi connectivity index (χ4v) is 4.75. The Balaban J connectivity index is 1.19. The molecule has 40 heavy (non-hydrogen) atoms. The van der Waals surface area contributed by atoms with Gasteiger partial charge in [-0.05, 0) is 48.7 Å². The van der Waals surface area contributed by atoms with E-state index in [1.54, 1.807) is 12.1 Å². The molecule has 212 valence electrons. The summed E-state index contributed by atoms with van der Waals surface area (Å²) in [6, 6.07) is 12.6. The molecule has 2 heterocycles. The molecular weight excluding hydrogens is 513 g/mol. The van der Waals surface area contributed by atoms with Gasteiger partial charge in [-0.25, -0.2) is 9.18 Å². The molecule has 9 nitrogen and oxygen atoms in total. The van der Waals surface area contributed by atoms with Crippen LogP contribution in [0.1, 0.15) is 43.7 Å². The van der Waals surface area contributed by atoms with Crippen molar-refractivity contribution in [2.45, 2.75) is 45.3 Å². The normalized spacial score (nSPS) is 16.8. The second kappa shape index (κ2) is 13.8. The van der Waals surface area contributed by atoms with Crippen LogP contribution in [-0.4, -0.2) is 68.2 Å². The van der Waals surface area contributed by atoms with E-state index in [2.05, 4.69) is 17.2 Å². The smallest absolute Gasteiger partial charge is 0.414 e. The average Bonchev–Trinajstić information content (AvgIpc) is 3.34. The summed E-state index contributed by atoms with van der Waals surface area (Å²) >= 11 is 0. The van der Waals surface area contributed by atoms with Gasteiger partial charge in [-0.15, -0.1) is 0 Å². The molecule has 0 saturated carbocycles. The number of nitrogens with one attached hydrogen (secondary N) is 1. The molecule has 3 N–H and O–H groups in total. The standard InChI is InChI=1S/C30H36FN5O4/c1-22(37)33-20-26-21-36(30(39)40-26)25-12-13-28(27(31)18-25)34-14-16-35(17-15-34)29(38)7-5-3-2-4-6-23-8-10-24(19-32)11-9-23/h8-13,18,26H,2-3,5,7,14-17,19-21,32H2,1H3,(H,33,37)/t26-/m0/s1. The highest BCUT2D eigenvalue weighted by molar-refractivity contribution is 5.90. The van der Waals surface area contributed by atoms with Crippen LogP contribution >= 0.6 is 0 Å². The van der Waals surface area contributed by atoms with Crippen molar-refractivity contribution in [1.29, 1.82) is 0 Å². The summed E-state index contributed by atoms with van der Waals surface area (Å²) in [6.45, 7) is 4.46. The van der Waals surface area contributed by atoms with E-state index in [0.29, 0.717) is 50.5 Å². The van der Waals surface area contributed by atoms with Crippen LogP contribution in [0.15, 0.2) is 42.5 Å². The number of anilines is 2. The summed E-state index contributed by atoms with van der Waals surface area (Å²) in [6.07, 6.45) is 1.79. The minimum Gasteiger partial charge on any atom is -0.442 e. The Kier molecular flexibility index (Phi) is 9.97. The predicted molar refractivity (Wildman–Crippen MR) is 151 cm³/mol. The first kappa shape index (κ1) is 28.9. The minimum absolute atomic E-state index is 0.113. The molecule has 0 radical (unpaired) electrons. The summed E-state index contributed by atoms with van der Waals surface area (Å²) in [7, 11) is 0. The maximum Gasteiger partial charge on any atom is 0.414 e. The molecule has 2 aliphatic rings. The number of hydrogen-bond acceptors (Lipinski definition) is 6. The van der Waals surface area contributed by atoms with Crippen LogP contribution in [0.5, 0.6) is 0 Å². The molecule has 2 aliphatic heterocycles. The lowest BCUT2D eigenvalue weighted by atomic mass is 10.1. The zero-order chi connectivity index (χ0) is 28.5. The molecular formula is C30H36FN5O4. The number of amides is 3. The number of ether oxygens (including phenoxy) is 1. The number of carbonyl (C=O) groups is 3. The van der Waals surface area contributed by atoms with Gasteiger partial charge in [0.15, 0.2) is 0 Å². The number of rotatable bonds is 9. The summed E-state index contributed by atoms with van der Waals surface area (Å²) < 4.78 is 20.3. The number of cyclic esters (lactones) is 1. The molecule has 2 aromatic carbocycles. The van der Waals surface area contributed by atoms with Gasteiger partial charge in [-0.3, -0.25) is 14.5 Å². The zero-order valence-electron chi connectivity index (χ0n) is 22.8. The summed E-state index contributed by atoms with van der Waals surface area (Å²) in [5, 5.41) is 2.62. The van der Waals surface area contributed by atoms with E-state index in [1.165, 1.54) is 17.9 Å². The molecule has 10 heteroatoms. The SMILES string of the molecule is CC(=O)NC[C@H]1CN(c2ccc(N3CCN(C(=O)CCCCC#Cc4ccc(CN)cc4)CC3)c(F)c2)C(=O)O1. The number of hydrogen-bond donors (Lipinski definition) is 2. The summed E-state index contributed by atoms with van der Waals surface area (Å²) in [5.74, 6) is 5.77. The average molecular weight is 550 g/mol. The highest BCUT2D eigenvalue weighted by atomic mass is 19.1. The molecule has 0 aromatic heterocycles. The Bertz CT molecular complexity index is 1270. The lowest BCUT2D eigenvalue weighted by Gasteiger charge is -2.36. The number of unbranched alkanes of at least 4 members (excludes halogenated alkanes) is 2. The van der Waals surface area contributed by atoms with Crippen molar-refractivity contribution in [1.82, 2.24) is 10.2 Å². The first-order valence-corrected chi connectivity index (χ1v) is 13.7. The van der Waals surface area contributed by atoms with E-state index in [4.69, 9.17) is 10.5 Å². The quantitative estimate of drug-likeness (QED) is 0.368. The third-order valence-corrected chi connectivity index (χ3v) is 7.03. The molecule has 0 unspecified atom stereocenters. The topological polar surface area (TPSA) is 108 Å². The van der Waals surface area contributed by atoms with Crippen LogP contribution in [0.3, 0.4) is 0 Å². The Morgan fingerprint density at radius 2 is 1.85 bits per heavy atom. The van der Waals surface area contributed by atoms with Gasteiger partial charge in [0, 0.05) is 58.1 Å². The van der Waals surface area contributed by atoms with E-state index < -0.39 is 18.0 Å². The molecule has 0 bridgehead atoms. The van der Waals surface area contributed by atoms with Crippen molar-refractivity contribution < 1.29 is 23.5 Å². The third kappa shape index (κ3) is 7.73. The van der Waals surface area contributed by atoms with Crippen molar-refractivity contribution >= 4 is 29.3 Å². The van der Waals surface area contributed by atoms with E-state index in [1.807, 2.05) is 34.1 Å². The van der Waals surface area contributed by atoms with E-state index in [-0.39, 0.29) is 24.9 Å². The molecule has 3 amide bonds. The fraction of sp³-hybridized carbons (Fsp3) is 0.433. The van der Waals surface area contributed by atoms with Crippen LogP contribution in [0.25, 0.3) is 0 Å². The number of carbonyl (C=O) groups excluding carboxylic acids is 3. The Morgan fingerprint density at radius 3 is 2.52 bits per heavy atom. The van der Waals surface area contributed by atoms with Gasteiger partial charge in [0.25, 0.3) is 0 Å².